The quantitative estimate of drug-likeness (QED) is 0.586. The van der Waals surface area contributed by atoms with E-state index in [2.05, 4.69) is 19.2 Å². The summed E-state index contributed by atoms with van der Waals surface area (Å²) in [5, 5.41) is 2.67. The number of urea groups is 1. The fourth-order valence-electron chi connectivity index (χ4n) is 1.85. The third-order valence-corrected chi connectivity index (χ3v) is 2.61. The van der Waals surface area contributed by atoms with Crippen molar-refractivity contribution in [2.24, 2.45) is 5.92 Å². The van der Waals surface area contributed by atoms with E-state index in [1.165, 1.54) is 0 Å². The van der Waals surface area contributed by atoms with Crippen molar-refractivity contribution in [2.75, 3.05) is 13.6 Å². The Labute approximate surface area is 74.1 Å². The van der Waals surface area contributed by atoms with E-state index < -0.39 is 0 Å². The summed E-state index contributed by atoms with van der Waals surface area (Å²) in [6.07, 6.45) is 2.27. The number of amides is 2. The molecule has 70 valence electrons. The van der Waals surface area contributed by atoms with Crippen LogP contribution in [0.5, 0.6) is 0 Å². The number of piperidine rings is 1. The maximum Gasteiger partial charge on any atom is 0.317 e. The lowest BCUT2D eigenvalue weighted by atomic mass is 9.94. The molecule has 1 rings (SSSR count). The van der Waals surface area contributed by atoms with Gasteiger partial charge in [-0.2, -0.15) is 0 Å². The predicted octanol–water partition coefficient (Wildman–Crippen LogP) is 1.45. The van der Waals surface area contributed by atoms with E-state index in [1.807, 2.05) is 4.90 Å². The number of likely N-dealkylation sites (tertiary alicyclic amines) is 1. The van der Waals surface area contributed by atoms with Crippen LogP contribution in [0.15, 0.2) is 0 Å². The molecule has 2 amide bonds. The lowest BCUT2D eigenvalue weighted by molar-refractivity contribution is 0.141. The first-order valence-corrected chi connectivity index (χ1v) is 4.63. The lowest BCUT2D eigenvalue weighted by Gasteiger charge is -2.36. The minimum atomic E-state index is 0.0643. The van der Waals surface area contributed by atoms with Gasteiger partial charge in [0.25, 0.3) is 0 Å². The van der Waals surface area contributed by atoms with Crippen molar-refractivity contribution in [1.82, 2.24) is 10.2 Å². The summed E-state index contributed by atoms with van der Waals surface area (Å²) < 4.78 is 0. The summed E-state index contributed by atoms with van der Waals surface area (Å²) in [4.78, 5) is 13.2. The average Bonchev–Trinajstić information content (AvgIpc) is 2.03. The van der Waals surface area contributed by atoms with Gasteiger partial charge in [-0.3, -0.25) is 0 Å². The van der Waals surface area contributed by atoms with Gasteiger partial charge in [-0.25, -0.2) is 4.79 Å². The van der Waals surface area contributed by atoms with Gasteiger partial charge in [0, 0.05) is 19.6 Å². The van der Waals surface area contributed by atoms with Gasteiger partial charge >= 0.3 is 6.03 Å². The van der Waals surface area contributed by atoms with Crippen molar-refractivity contribution < 1.29 is 4.79 Å². The van der Waals surface area contributed by atoms with Gasteiger partial charge < -0.3 is 10.2 Å². The zero-order valence-corrected chi connectivity index (χ0v) is 8.13. The van der Waals surface area contributed by atoms with E-state index in [0.717, 1.165) is 25.3 Å². The van der Waals surface area contributed by atoms with Crippen LogP contribution in [0.2, 0.25) is 0 Å². The summed E-state index contributed by atoms with van der Waals surface area (Å²) in [5.41, 5.74) is 0. The summed E-state index contributed by atoms with van der Waals surface area (Å²) in [7, 11) is 1.69. The molecule has 0 unspecified atom stereocenters. The molecule has 0 aromatic heterocycles. The summed E-state index contributed by atoms with van der Waals surface area (Å²) in [6.45, 7) is 5.27. The van der Waals surface area contributed by atoms with Crippen LogP contribution in [0.25, 0.3) is 0 Å². The molecular weight excluding hydrogens is 152 g/mol. The summed E-state index contributed by atoms with van der Waals surface area (Å²) >= 11 is 0. The summed E-state index contributed by atoms with van der Waals surface area (Å²) in [6, 6.07) is 0.461. The number of hydrogen-bond donors (Lipinski definition) is 1. The van der Waals surface area contributed by atoms with Crippen molar-refractivity contribution in [3.63, 3.8) is 0 Å². The Morgan fingerprint density at radius 3 is 2.67 bits per heavy atom. The molecule has 0 bridgehead atoms. The molecule has 0 saturated carbocycles. The molecule has 1 saturated heterocycles. The fourth-order valence-corrected chi connectivity index (χ4v) is 1.85. The summed E-state index contributed by atoms with van der Waals surface area (Å²) in [5.74, 6) is 0.765. The van der Waals surface area contributed by atoms with Crippen molar-refractivity contribution in [2.45, 2.75) is 32.7 Å². The van der Waals surface area contributed by atoms with Crippen molar-refractivity contribution in [3.8, 4) is 0 Å². The van der Waals surface area contributed by atoms with E-state index in [-0.39, 0.29) is 6.03 Å². The molecule has 0 radical (unpaired) electrons. The zero-order chi connectivity index (χ0) is 9.14. The van der Waals surface area contributed by atoms with E-state index in [4.69, 9.17) is 0 Å². The molecule has 0 spiro atoms. The topological polar surface area (TPSA) is 32.3 Å². The Morgan fingerprint density at radius 2 is 2.17 bits per heavy atom. The molecule has 2 atom stereocenters. The Bertz CT molecular complexity index is 170. The Kier molecular flexibility index (Phi) is 2.95. The second-order valence-corrected chi connectivity index (χ2v) is 3.73. The van der Waals surface area contributed by atoms with Gasteiger partial charge in [-0.05, 0) is 25.7 Å². The van der Waals surface area contributed by atoms with Crippen LogP contribution in [-0.2, 0) is 0 Å². The van der Waals surface area contributed by atoms with Crippen molar-refractivity contribution in [3.05, 3.63) is 0 Å². The molecule has 0 aromatic rings. The van der Waals surface area contributed by atoms with Gasteiger partial charge in [0.15, 0.2) is 0 Å². The highest BCUT2D eigenvalue weighted by Crippen LogP contribution is 2.21. The fraction of sp³-hybridized carbons (Fsp3) is 0.889. The van der Waals surface area contributed by atoms with Gasteiger partial charge in [0.1, 0.15) is 0 Å². The van der Waals surface area contributed by atoms with Crippen molar-refractivity contribution in [1.29, 1.82) is 0 Å². The highest BCUT2D eigenvalue weighted by molar-refractivity contribution is 5.74. The second-order valence-electron chi connectivity index (χ2n) is 3.73. The first-order valence-electron chi connectivity index (χ1n) is 4.63. The van der Waals surface area contributed by atoms with Crippen LogP contribution in [-0.4, -0.2) is 30.6 Å². The van der Waals surface area contributed by atoms with Crippen LogP contribution < -0.4 is 5.32 Å². The van der Waals surface area contributed by atoms with Gasteiger partial charge in [-0.1, -0.05) is 6.92 Å². The first kappa shape index (κ1) is 9.36. The molecular formula is C9H18N2O. The van der Waals surface area contributed by atoms with E-state index in [0.29, 0.717) is 6.04 Å². The highest BCUT2D eigenvalue weighted by Gasteiger charge is 2.25. The van der Waals surface area contributed by atoms with Gasteiger partial charge in [-0.15, -0.1) is 0 Å². The molecule has 1 aliphatic heterocycles. The third-order valence-electron chi connectivity index (χ3n) is 2.61. The molecule has 1 fully saturated rings. The number of nitrogens with zero attached hydrogens (tertiary/aromatic N) is 1. The highest BCUT2D eigenvalue weighted by atomic mass is 16.2. The number of carbonyl (C=O) groups is 1. The largest absolute Gasteiger partial charge is 0.341 e. The lowest BCUT2D eigenvalue weighted by Crippen LogP contribution is -2.47. The monoisotopic (exact) mass is 170 g/mol. The van der Waals surface area contributed by atoms with Crippen LogP contribution >= 0.6 is 0 Å². The number of nitrogens with one attached hydrogen (secondary N) is 1. The SMILES string of the molecule is CNC(=O)N1CC[C@H](C)C[C@@H]1C. The minimum absolute atomic E-state index is 0.0643. The van der Waals surface area contributed by atoms with E-state index in [1.54, 1.807) is 7.05 Å². The second kappa shape index (κ2) is 3.78. The maximum absolute atomic E-state index is 11.3. The number of rotatable bonds is 0. The van der Waals surface area contributed by atoms with Crippen LogP contribution in [0.1, 0.15) is 26.7 Å². The Morgan fingerprint density at radius 1 is 1.50 bits per heavy atom. The van der Waals surface area contributed by atoms with Crippen molar-refractivity contribution >= 4 is 6.03 Å². The molecule has 3 heteroatoms. The van der Waals surface area contributed by atoms with Crippen LogP contribution in [0.4, 0.5) is 4.79 Å². The molecule has 12 heavy (non-hydrogen) atoms. The van der Waals surface area contributed by atoms with Crippen LogP contribution in [0, 0.1) is 5.92 Å². The number of hydrogen-bond acceptors (Lipinski definition) is 1. The zero-order valence-electron chi connectivity index (χ0n) is 8.13. The third kappa shape index (κ3) is 1.90. The van der Waals surface area contributed by atoms with Gasteiger partial charge in [0.05, 0.1) is 0 Å². The molecule has 1 heterocycles. The standard InChI is InChI=1S/C9H18N2O/c1-7-4-5-11(8(2)6-7)9(12)10-3/h7-8H,4-6H2,1-3H3,(H,10,12)/t7-,8-/m0/s1. The first-order chi connectivity index (χ1) is 5.65. The Hall–Kier alpha value is -0.730. The van der Waals surface area contributed by atoms with Crippen LogP contribution in [0.3, 0.4) is 0 Å². The molecule has 3 nitrogen and oxygen atoms in total. The van der Waals surface area contributed by atoms with Gasteiger partial charge in [0.2, 0.25) is 0 Å². The van der Waals surface area contributed by atoms with E-state index >= 15 is 0 Å². The molecule has 1 N–H and O–H groups in total. The molecule has 1 aliphatic rings. The molecule has 0 aliphatic carbocycles. The Balaban J connectivity index is 2.50. The normalized spacial score (nSPS) is 30.1. The average molecular weight is 170 g/mol. The predicted molar refractivity (Wildman–Crippen MR) is 49.0 cm³/mol. The smallest absolute Gasteiger partial charge is 0.317 e. The minimum Gasteiger partial charge on any atom is -0.341 e. The maximum atomic E-state index is 11.3. The molecule has 0 aromatic carbocycles. The van der Waals surface area contributed by atoms with E-state index in [9.17, 15) is 4.79 Å². The number of carbonyl (C=O) groups excluding carboxylic acids is 1.